The number of halogens is 1. The molecule has 5 aromatic rings. The maximum Gasteiger partial charge on any atom is 0.248 e. The maximum absolute atomic E-state index is 13.9. The van der Waals surface area contributed by atoms with Gasteiger partial charge in [0.05, 0.1) is 11.7 Å². The zero-order chi connectivity index (χ0) is 31.0. The van der Waals surface area contributed by atoms with Crippen molar-refractivity contribution in [1.82, 2.24) is 44.6 Å². The minimum Gasteiger partial charge on any atom is -0.329 e. The molecular weight excluding hydrogens is 628 g/mol. The van der Waals surface area contributed by atoms with E-state index in [1.165, 1.54) is 11.6 Å². The number of nitrogens with one attached hydrogen (secondary N) is 1. The number of aryl methyl sites for hydroxylation is 2. The lowest BCUT2D eigenvalue weighted by Gasteiger charge is -2.24. The Morgan fingerprint density at radius 3 is 2.59 bits per heavy atom. The average Bonchev–Trinajstić information content (AvgIpc) is 3.75. The van der Waals surface area contributed by atoms with Crippen LogP contribution in [0.25, 0.3) is 22.0 Å². The highest BCUT2D eigenvalue weighted by Gasteiger charge is 2.40. The molecule has 1 fully saturated rings. The van der Waals surface area contributed by atoms with Gasteiger partial charge in [0.15, 0.2) is 5.78 Å². The Hall–Kier alpha value is -4.85. The molecule has 6 rings (SSSR count). The van der Waals surface area contributed by atoms with Gasteiger partial charge < -0.3 is 10.2 Å². The van der Waals surface area contributed by atoms with Gasteiger partial charge in [0.2, 0.25) is 11.8 Å². The summed E-state index contributed by atoms with van der Waals surface area (Å²) in [6, 6.07) is 8.49. The fraction of sp³-hybridized carbons (Fsp3) is 0.300. The highest BCUT2D eigenvalue weighted by atomic mass is 79.9. The van der Waals surface area contributed by atoms with Gasteiger partial charge in [-0.3, -0.25) is 23.7 Å². The molecule has 14 heteroatoms. The van der Waals surface area contributed by atoms with Crippen molar-refractivity contribution in [1.29, 1.82) is 0 Å². The topological polar surface area (TPSA) is 154 Å². The third kappa shape index (κ3) is 5.97. The van der Waals surface area contributed by atoms with Crippen LogP contribution in [0.3, 0.4) is 0 Å². The number of likely N-dealkylation sites (tertiary alicyclic amines) is 1. The number of aromatic nitrogens is 8. The molecule has 4 aromatic heterocycles. The first-order valence-corrected chi connectivity index (χ1v) is 14.8. The molecule has 0 unspecified atom stereocenters. The summed E-state index contributed by atoms with van der Waals surface area (Å²) in [5.74, 6) is 0.214. The number of ketones is 1. The summed E-state index contributed by atoms with van der Waals surface area (Å²) in [7, 11) is 0. The van der Waals surface area contributed by atoms with Crippen molar-refractivity contribution in [3.8, 4) is 11.1 Å². The summed E-state index contributed by atoms with van der Waals surface area (Å²) in [5, 5.41) is 16.0. The lowest BCUT2D eigenvalue weighted by molar-refractivity contribution is -0.137. The second kappa shape index (κ2) is 12.0. The summed E-state index contributed by atoms with van der Waals surface area (Å²) in [6.45, 7) is 5.82. The Morgan fingerprint density at radius 1 is 1.07 bits per heavy atom. The number of carbonyl (C=O) groups is 3. The zero-order valence-electron chi connectivity index (χ0n) is 24.3. The summed E-state index contributed by atoms with van der Waals surface area (Å²) in [6.07, 6.45) is 7.24. The number of rotatable bonds is 8. The molecule has 1 aliphatic heterocycles. The molecule has 5 heterocycles. The van der Waals surface area contributed by atoms with E-state index in [4.69, 9.17) is 0 Å². The van der Waals surface area contributed by atoms with Crippen LogP contribution in [0.4, 0.5) is 5.82 Å². The molecule has 13 nitrogen and oxygen atoms in total. The Kier molecular flexibility index (Phi) is 7.99. The van der Waals surface area contributed by atoms with E-state index in [-0.39, 0.29) is 35.8 Å². The molecule has 224 valence electrons. The molecule has 1 N–H and O–H groups in total. The van der Waals surface area contributed by atoms with Crippen molar-refractivity contribution in [2.24, 2.45) is 5.92 Å². The van der Waals surface area contributed by atoms with Crippen LogP contribution in [0.1, 0.15) is 35.2 Å². The largest absolute Gasteiger partial charge is 0.329 e. The Morgan fingerprint density at radius 2 is 1.86 bits per heavy atom. The fourth-order valence-electron chi connectivity index (χ4n) is 5.51. The van der Waals surface area contributed by atoms with Crippen LogP contribution in [-0.2, 0) is 22.7 Å². The molecule has 0 aliphatic carbocycles. The molecule has 2 amide bonds. The Bertz CT molecular complexity index is 1870. The number of Topliss-reactive ketones (excluding diaryl/α,β-unsaturated/α-hetero) is 1. The van der Waals surface area contributed by atoms with Gasteiger partial charge in [-0.2, -0.15) is 5.10 Å². The molecule has 0 radical (unpaired) electrons. The minimum absolute atomic E-state index is 0.0330. The number of amides is 2. The molecule has 1 aromatic carbocycles. The average molecular weight is 658 g/mol. The van der Waals surface area contributed by atoms with Gasteiger partial charge in [-0.15, -0.1) is 5.10 Å². The third-order valence-corrected chi connectivity index (χ3v) is 8.16. The molecule has 2 atom stereocenters. The third-order valence-electron chi connectivity index (χ3n) is 7.72. The predicted octanol–water partition coefficient (Wildman–Crippen LogP) is 3.62. The number of carbonyl (C=O) groups excluding carboxylic acids is 3. The zero-order valence-corrected chi connectivity index (χ0v) is 25.9. The standard InChI is InChI=1S/C30H29BrN10O3/c1-17-4-7-26(31)35-29(17)36-30(44)25-10-20(14-39-9-8-34-38-39)15-40(25)27(43)16-41-24-6-5-21(22-12-32-19(3)33-13-22)11-23(24)28(37-41)18(2)42/h4-9,11-13,20,25H,10,14-16H2,1-3H3,(H,35,36,44)/t20-,25+/m1/s1. The second-order valence-corrected chi connectivity index (χ2v) is 11.7. The smallest absolute Gasteiger partial charge is 0.248 e. The summed E-state index contributed by atoms with van der Waals surface area (Å²) < 4.78 is 3.82. The lowest BCUT2D eigenvalue weighted by Crippen LogP contribution is -2.44. The Labute approximate surface area is 260 Å². The van der Waals surface area contributed by atoms with E-state index in [9.17, 15) is 14.4 Å². The van der Waals surface area contributed by atoms with Crippen molar-refractivity contribution in [2.45, 2.75) is 46.3 Å². The predicted molar refractivity (Wildman–Crippen MR) is 164 cm³/mol. The van der Waals surface area contributed by atoms with Crippen LogP contribution in [0.15, 0.2) is 59.7 Å². The van der Waals surface area contributed by atoms with Crippen molar-refractivity contribution < 1.29 is 14.4 Å². The fourth-order valence-corrected chi connectivity index (χ4v) is 5.82. The molecule has 0 bridgehead atoms. The van der Waals surface area contributed by atoms with Gasteiger partial charge in [-0.25, -0.2) is 15.0 Å². The van der Waals surface area contributed by atoms with Gasteiger partial charge in [-0.1, -0.05) is 17.3 Å². The van der Waals surface area contributed by atoms with E-state index in [1.807, 2.05) is 38.1 Å². The molecule has 44 heavy (non-hydrogen) atoms. The highest BCUT2D eigenvalue weighted by Crippen LogP contribution is 2.29. The van der Waals surface area contributed by atoms with E-state index < -0.39 is 6.04 Å². The maximum atomic E-state index is 13.9. The van der Waals surface area contributed by atoms with E-state index in [0.717, 1.165) is 16.7 Å². The molecular formula is C30H29BrN10O3. The van der Waals surface area contributed by atoms with Crippen LogP contribution in [0, 0.1) is 19.8 Å². The summed E-state index contributed by atoms with van der Waals surface area (Å²) in [5.41, 5.74) is 3.32. The van der Waals surface area contributed by atoms with Crippen LogP contribution < -0.4 is 5.32 Å². The number of fused-ring (bicyclic) bond motifs is 1. The number of hydrogen-bond donors (Lipinski definition) is 1. The highest BCUT2D eigenvalue weighted by molar-refractivity contribution is 9.10. The number of nitrogens with zero attached hydrogens (tertiary/aromatic N) is 9. The van der Waals surface area contributed by atoms with E-state index in [0.29, 0.717) is 46.7 Å². The first-order chi connectivity index (χ1) is 21.2. The summed E-state index contributed by atoms with van der Waals surface area (Å²) in [4.78, 5) is 54.7. The minimum atomic E-state index is -0.738. The van der Waals surface area contributed by atoms with E-state index in [2.05, 4.69) is 51.6 Å². The van der Waals surface area contributed by atoms with Crippen LogP contribution in [-0.4, -0.2) is 74.8 Å². The Balaban J connectivity index is 1.29. The molecule has 1 saturated heterocycles. The molecule has 0 saturated carbocycles. The van der Waals surface area contributed by atoms with Crippen molar-refractivity contribution in [3.05, 3.63) is 76.8 Å². The number of anilines is 1. The molecule has 1 aliphatic rings. The number of hydrogen-bond acceptors (Lipinski definition) is 9. The first kappa shape index (κ1) is 29.2. The summed E-state index contributed by atoms with van der Waals surface area (Å²) >= 11 is 3.35. The van der Waals surface area contributed by atoms with Crippen molar-refractivity contribution in [2.75, 3.05) is 11.9 Å². The van der Waals surface area contributed by atoms with Gasteiger partial charge in [0, 0.05) is 49.6 Å². The van der Waals surface area contributed by atoms with Crippen molar-refractivity contribution >= 4 is 50.2 Å². The SMILES string of the molecule is CC(=O)c1nn(CC(=O)N2C[C@@H](Cn3ccnn3)C[C@H]2C(=O)Nc2nc(Br)ccc2C)c2ccc(-c3cnc(C)nc3)cc12. The van der Waals surface area contributed by atoms with Gasteiger partial charge >= 0.3 is 0 Å². The van der Waals surface area contributed by atoms with Gasteiger partial charge in [0.1, 0.15) is 34.5 Å². The monoisotopic (exact) mass is 656 g/mol. The van der Waals surface area contributed by atoms with Crippen molar-refractivity contribution in [3.63, 3.8) is 0 Å². The second-order valence-electron chi connectivity index (χ2n) is 10.9. The van der Waals surface area contributed by atoms with Crippen LogP contribution in [0.5, 0.6) is 0 Å². The van der Waals surface area contributed by atoms with E-state index >= 15 is 0 Å². The molecule has 0 spiro atoms. The quantitative estimate of drug-likeness (QED) is 0.195. The first-order valence-electron chi connectivity index (χ1n) is 14.0. The van der Waals surface area contributed by atoms with Gasteiger partial charge in [0.25, 0.3) is 0 Å². The van der Waals surface area contributed by atoms with Crippen LogP contribution >= 0.6 is 15.9 Å². The normalized spacial score (nSPS) is 16.4. The number of pyridine rings is 1. The van der Waals surface area contributed by atoms with E-state index in [1.54, 1.807) is 40.4 Å². The van der Waals surface area contributed by atoms with Crippen LogP contribution in [0.2, 0.25) is 0 Å². The lowest BCUT2D eigenvalue weighted by atomic mass is 10.0. The number of benzene rings is 1. The van der Waals surface area contributed by atoms with Gasteiger partial charge in [-0.05, 0) is 71.4 Å².